The van der Waals surface area contributed by atoms with E-state index in [4.69, 9.17) is 10.5 Å². The summed E-state index contributed by atoms with van der Waals surface area (Å²) in [6.07, 6.45) is 1.50. The van der Waals surface area contributed by atoms with Crippen LogP contribution in [0.4, 0.5) is 5.69 Å². The normalized spacial score (nSPS) is 26.8. The molecule has 0 aromatic carbocycles. The van der Waals surface area contributed by atoms with Crippen LogP contribution in [0.15, 0.2) is 11.4 Å². The van der Waals surface area contributed by atoms with Crippen LogP contribution in [-0.4, -0.2) is 18.8 Å². The number of anilines is 1. The summed E-state index contributed by atoms with van der Waals surface area (Å²) in [5.74, 6) is 0. The standard InChI is InChI=1S/C13H22N2OS/c1-4-16-12-7-11(13(12,2)3)15-8-10-9(14)5-6-17-10/h5-6,11-12,15H,4,7-8,14H2,1-3H3. The molecule has 0 radical (unpaired) electrons. The summed E-state index contributed by atoms with van der Waals surface area (Å²) in [5.41, 5.74) is 7.00. The van der Waals surface area contributed by atoms with Gasteiger partial charge in [-0.05, 0) is 24.8 Å². The number of nitrogens with one attached hydrogen (secondary N) is 1. The van der Waals surface area contributed by atoms with Crippen LogP contribution in [0.1, 0.15) is 32.1 Å². The van der Waals surface area contributed by atoms with E-state index in [0.29, 0.717) is 12.1 Å². The molecule has 1 aliphatic rings. The highest BCUT2D eigenvalue weighted by Gasteiger charge is 2.48. The van der Waals surface area contributed by atoms with E-state index in [1.54, 1.807) is 11.3 Å². The molecule has 17 heavy (non-hydrogen) atoms. The molecule has 0 amide bonds. The monoisotopic (exact) mass is 254 g/mol. The predicted molar refractivity (Wildman–Crippen MR) is 73.2 cm³/mol. The molecule has 1 aliphatic carbocycles. The molecule has 1 aromatic rings. The summed E-state index contributed by atoms with van der Waals surface area (Å²) in [7, 11) is 0. The average molecular weight is 254 g/mol. The Morgan fingerprint density at radius 3 is 2.88 bits per heavy atom. The maximum atomic E-state index is 5.87. The van der Waals surface area contributed by atoms with Crippen molar-refractivity contribution in [2.45, 2.75) is 45.9 Å². The van der Waals surface area contributed by atoms with Crippen LogP contribution < -0.4 is 11.1 Å². The average Bonchev–Trinajstić information content (AvgIpc) is 2.68. The Kier molecular flexibility index (Phi) is 3.76. The molecular weight excluding hydrogens is 232 g/mol. The highest BCUT2D eigenvalue weighted by molar-refractivity contribution is 7.10. The second kappa shape index (κ2) is 4.96. The van der Waals surface area contributed by atoms with Crippen LogP contribution in [0.3, 0.4) is 0 Å². The Labute approximate surface area is 107 Å². The van der Waals surface area contributed by atoms with Crippen LogP contribution in [0.25, 0.3) is 0 Å². The first-order valence-corrected chi connectivity index (χ1v) is 7.10. The Balaban J connectivity index is 1.84. The molecule has 2 rings (SSSR count). The van der Waals surface area contributed by atoms with Gasteiger partial charge < -0.3 is 15.8 Å². The van der Waals surface area contributed by atoms with Gasteiger partial charge in [0.05, 0.1) is 6.10 Å². The number of hydrogen-bond donors (Lipinski definition) is 2. The molecule has 96 valence electrons. The number of rotatable bonds is 5. The maximum Gasteiger partial charge on any atom is 0.0655 e. The lowest BCUT2D eigenvalue weighted by molar-refractivity contribution is -0.114. The first-order valence-electron chi connectivity index (χ1n) is 6.22. The molecule has 0 spiro atoms. The van der Waals surface area contributed by atoms with Gasteiger partial charge in [-0.2, -0.15) is 0 Å². The zero-order valence-electron chi connectivity index (χ0n) is 10.8. The Morgan fingerprint density at radius 1 is 1.59 bits per heavy atom. The van der Waals surface area contributed by atoms with Gasteiger partial charge in [-0.3, -0.25) is 0 Å². The lowest BCUT2D eigenvalue weighted by Gasteiger charge is -2.52. The summed E-state index contributed by atoms with van der Waals surface area (Å²) in [6.45, 7) is 8.27. The van der Waals surface area contributed by atoms with Crippen molar-refractivity contribution in [2.24, 2.45) is 5.41 Å². The first-order chi connectivity index (χ1) is 8.05. The predicted octanol–water partition coefficient (Wildman–Crippen LogP) is 2.62. The lowest BCUT2D eigenvalue weighted by atomic mass is 9.64. The van der Waals surface area contributed by atoms with E-state index in [2.05, 4.69) is 26.1 Å². The van der Waals surface area contributed by atoms with E-state index in [1.165, 1.54) is 4.88 Å². The molecule has 1 saturated carbocycles. The van der Waals surface area contributed by atoms with Crippen molar-refractivity contribution < 1.29 is 4.74 Å². The third-order valence-corrected chi connectivity index (χ3v) is 4.77. The Hall–Kier alpha value is -0.580. The molecule has 0 bridgehead atoms. The minimum atomic E-state index is 0.224. The van der Waals surface area contributed by atoms with Crippen LogP contribution in [-0.2, 0) is 11.3 Å². The molecule has 1 aromatic heterocycles. The number of thiophene rings is 1. The summed E-state index contributed by atoms with van der Waals surface area (Å²) >= 11 is 1.72. The molecule has 2 atom stereocenters. The third kappa shape index (κ3) is 2.49. The van der Waals surface area contributed by atoms with Crippen molar-refractivity contribution in [1.82, 2.24) is 5.32 Å². The van der Waals surface area contributed by atoms with Gasteiger partial charge in [0.25, 0.3) is 0 Å². The highest BCUT2D eigenvalue weighted by Crippen LogP contribution is 2.43. The van der Waals surface area contributed by atoms with Gasteiger partial charge in [0.2, 0.25) is 0 Å². The molecule has 1 fully saturated rings. The van der Waals surface area contributed by atoms with Gasteiger partial charge in [0.15, 0.2) is 0 Å². The van der Waals surface area contributed by atoms with Gasteiger partial charge in [0.1, 0.15) is 0 Å². The lowest BCUT2D eigenvalue weighted by Crippen LogP contribution is -2.60. The van der Waals surface area contributed by atoms with Crippen molar-refractivity contribution in [3.05, 3.63) is 16.3 Å². The molecule has 1 heterocycles. The van der Waals surface area contributed by atoms with Crippen LogP contribution in [0.2, 0.25) is 0 Å². The molecule has 0 aliphatic heterocycles. The van der Waals surface area contributed by atoms with E-state index in [-0.39, 0.29) is 5.41 Å². The van der Waals surface area contributed by atoms with E-state index >= 15 is 0 Å². The number of ether oxygens (including phenoxy) is 1. The van der Waals surface area contributed by atoms with Crippen molar-refractivity contribution in [3.8, 4) is 0 Å². The molecule has 0 saturated heterocycles. The van der Waals surface area contributed by atoms with Gasteiger partial charge in [-0.1, -0.05) is 13.8 Å². The highest BCUT2D eigenvalue weighted by atomic mass is 32.1. The van der Waals surface area contributed by atoms with Crippen molar-refractivity contribution in [3.63, 3.8) is 0 Å². The summed E-state index contributed by atoms with van der Waals surface area (Å²) in [6, 6.07) is 2.50. The van der Waals surface area contributed by atoms with Gasteiger partial charge in [0, 0.05) is 35.2 Å². The second-order valence-electron chi connectivity index (χ2n) is 5.23. The fraction of sp³-hybridized carbons (Fsp3) is 0.692. The van der Waals surface area contributed by atoms with E-state index in [1.807, 2.05) is 11.4 Å². The smallest absolute Gasteiger partial charge is 0.0655 e. The summed E-state index contributed by atoms with van der Waals surface area (Å²) in [4.78, 5) is 1.24. The van der Waals surface area contributed by atoms with Crippen molar-refractivity contribution in [1.29, 1.82) is 0 Å². The zero-order chi connectivity index (χ0) is 12.5. The van der Waals surface area contributed by atoms with E-state index < -0.39 is 0 Å². The second-order valence-corrected chi connectivity index (χ2v) is 6.23. The number of hydrogen-bond acceptors (Lipinski definition) is 4. The van der Waals surface area contributed by atoms with Crippen molar-refractivity contribution in [2.75, 3.05) is 12.3 Å². The molecular formula is C13H22N2OS. The Morgan fingerprint density at radius 2 is 2.35 bits per heavy atom. The topological polar surface area (TPSA) is 47.3 Å². The molecule has 3 nitrogen and oxygen atoms in total. The summed E-state index contributed by atoms with van der Waals surface area (Å²) < 4.78 is 5.72. The van der Waals surface area contributed by atoms with Crippen LogP contribution in [0.5, 0.6) is 0 Å². The molecule has 3 N–H and O–H groups in total. The largest absolute Gasteiger partial charge is 0.398 e. The number of nitrogen functional groups attached to an aromatic ring is 1. The minimum Gasteiger partial charge on any atom is -0.398 e. The zero-order valence-corrected chi connectivity index (χ0v) is 11.6. The fourth-order valence-corrected chi connectivity index (χ4v) is 3.18. The van der Waals surface area contributed by atoms with Crippen LogP contribution >= 0.6 is 11.3 Å². The first kappa shape index (κ1) is 12.9. The molecule has 4 heteroatoms. The maximum absolute atomic E-state index is 5.87. The third-order valence-electron chi connectivity index (χ3n) is 3.83. The summed E-state index contributed by atoms with van der Waals surface area (Å²) in [5, 5.41) is 5.63. The Bertz CT molecular complexity index is 375. The van der Waals surface area contributed by atoms with Gasteiger partial charge in [-0.25, -0.2) is 0 Å². The quantitative estimate of drug-likeness (QED) is 0.849. The van der Waals surface area contributed by atoms with E-state index in [0.717, 1.165) is 25.3 Å². The molecule has 2 unspecified atom stereocenters. The van der Waals surface area contributed by atoms with Crippen LogP contribution in [0, 0.1) is 5.41 Å². The SMILES string of the molecule is CCOC1CC(NCc2sccc2N)C1(C)C. The van der Waals surface area contributed by atoms with Crippen molar-refractivity contribution >= 4 is 17.0 Å². The number of nitrogens with two attached hydrogens (primary N) is 1. The fourth-order valence-electron chi connectivity index (χ4n) is 2.43. The van der Waals surface area contributed by atoms with Gasteiger partial charge >= 0.3 is 0 Å². The minimum absolute atomic E-state index is 0.224. The van der Waals surface area contributed by atoms with E-state index in [9.17, 15) is 0 Å². The van der Waals surface area contributed by atoms with Gasteiger partial charge in [-0.15, -0.1) is 11.3 Å².